The van der Waals surface area contributed by atoms with Crippen molar-refractivity contribution in [3.05, 3.63) is 59.1 Å². The summed E-state index contributed by atoms with van der Waals surface area (Å²) in [7, 11) is 0. The number of carbonyl (C=O) groups excluding carboxylic acids is 1. The maximum Gasteiger partial charge on any atom is 0.407 e. The first kappa shape index (κ1) is 15.8. The number of nitrogens with one attached hydrogen (secondary N) is 1. The van der Waals surface area contributed by atoms with Crippen LogP contribution in [-0.4, -0.2) is 22.6 Å². The Balaban J connectivity index is 1.67. The largest absolute Gasteiger partial charge is 0.445 e. The van der Waals surface area contributed by atoms with E-state index in [1.54, 1.807) is 6.20 Å². The molecule has 0 aliphatic carbocycles. The minimum atomic E-state index is -0.466. The van der Waals surface area contributed by atoms with Crippen molar-refractivity contribution < 1.29 is 9.53 Å². The fraction of sp³-hybridized carbons (Fsp3) is 0.188. The van der Waals surface area contributed by atoms with Crippen molar-refractivity contribution >= 4 is 17.7 Å². The summed E-state index contributed by atoms with van der Waals surface area (Å²) in [6, 6.07) is 9.48. The van der Waals surface area contributed by atoms with Gasteiger partial charge >= 0.3 is 6.09 Å². The van der Waals surface area contributed by atoms with Crippen molar-refractivity contribution in [2.75, 3.05) is 6.54 Å². The number of alkyl carbamates (subject to hydrolysis) is 1. The molecule has 0 spiro atoms. The van der Waals surface area contributed by atoms with E-state index in [0.29, 0.717) is 23.7 Å². The highest BCUT2D eigenvalue weighted by atomic mass is 35.5. The molecule has 0 radical (unpaired) electrons. The van der Waals surface area contributed by atoms with Crippen LogP contribution in [0.25, 0.3) is 0 Å². The Morgan fingerprint density at radius 3 is 2.91 bits per heavy atom. The van der Waals surface area contributed by atoms with E-state index in [-0.39, 0.29) is 6.61 Å². The van der Waals surface area contributed by atoms with E-state index in [1.807, 2.05) is 30.3 Å². The fourth-order valence-electron chi connectivity index (χ4n) is 1.56. The third-order valence-corrected chi connectivity index (χ3v) is 2.92. The molecule has 0 unspecified atom stereocenters. The second-order valence-electron chi connectivity index (χ2n) is 4.27. The van der Waals surface area contributed by atoms with E-state index in [4.69, 9.17) is 16.3 Å². The van der Waals surface area contributed by atoms with Crippen LogP contribution < -0.4 is 5.32 Å². The first-order valence-electron chi connectivity index (χ1n) is 6.64. The van der Waals surface area contributed by atoms with Gasteiger partial charge in [-0.05, 0) is 5.56 Å². The Bertz CT molecular complexity index is 681. The zero-order valence-corrected chi connectivity index (χ0v) is 12.5. The molecule has 0 aliphatic heterocycles. The summed E-state index contributed by atoms with van der Waals surface area (Å²) < 4.78 is 5.07. The molecule has 2 aromatic rings. The number of halogens is 1. The quantitative estimate of drug-likeness (QED) is 0.535. The minimum absolute atomic E-state index is 0.245. The number of hydrogen-bond donors (Lipinski definition) is 1. The molecule has 0 saturated heterocycles. The Morgan fingerprint density at radius 2 is 2.14 bits per heavy atom. The van der Waals surface area contributed by atoms with Gasteiger partial charge in [0.05, 0.1) is 5.56 Å². The van der Waals surface area contributed by atoms with E-state index >= 15 is 0 Å². The number of nitrogens with zero attached hydrogens (tertiary/aromatic N) is 2. The Hall–Kier alpha value is -2.58. The number of ether oxygens (including phenoxy) is 1. The third-order valence-electron chi connectivity index (χ3n) is 2.62. The summed E-state index contributed by atoms with van der Waals surface area (Å²) in [5.41, 5.74) is 1.51. The lowest BCUT2D eigenvalue weighted by Crippen LogP contribution is -2.24. The van der Waals surface area contributed by atoms with E-state index in [9.17, 15) is 4.79 Å². The minimum Gasteiger partial charge on any atom is -0.445 e. The van der Waals surface area contributed by atoms with Crippen LogP contribution in [0.2, 0.25) is 5.15 Å². The summed E-state index contributed by atoms with van der Waals surface area (Å²) in [6.07, 6.45) is 2.92. The van der Waals surface area contributed by atoms with Gasteiger partial charge in [-0.15, -0.1) is 0 Å². The Kier molecular flexibility index (Phi) is 6.21. The van der Waals surface area contributed by atoms with Gasteiger partial charge in [0.15, 0.2) is 0 Å². The molecular weight excluding hydrogens is 302 g/mol. The van der Waals surface area contributed by atoms with Gasteiger partial charge in [0, 0.05) is 19.2 Å². The molecule has 0 bridgehead atoms. The average Bonchev–Trinajstić information content (AvgIpc) is 2.55. The highest BCUT2D eigenvalue weighted by Crippen LogP contribution is 2.07. The molecule has 0 aliphatic rings. The Morgan fingerprint density at radius 1 is 1.32 bits per heavy atom. The molecule has 0 fully saturated rings. The van der Waals surface area contributed by atoms with Gasteiger partial charge in [0.2, 0.25) is 0 Å². The summed E-state index contributed by atoms with van der Waals surface area (Å²) >= 11 is 5.84. The van der Waals surface area contributed by atoms with E-state index in [1.165, 1.54) is 6.33 Å². The normalized spacial score (nSPS) is 9.50. The average molecular weight is 316 g/mol. The number of aromatic nitrogens is 2. The first-order valence-corrected chi connectivity index (χ1v) is 7.02. The molecule has 1 amide bonds. The van der Waals surface area contributed by atoms with Crippen LogP contribution in [0.1, 0.15) is 17.5 Å². The molecule has 112 valence electrons. The lowest BCUT2D eigenvalue weighted by atomic mass is 10.2. The molecule has 1 heterocycles. The Labute approximate surface area is 133 Å². The first-order chi connectivity index (χ1) is 10.8. The molecule has 0 atom stereocenters. The van der Waals surface area contributed by atoms with Gasteiger partial charge in [-0.1, -0.05) is 53.8 Å². The van der Waals surface area contributed by atoms with Crippen LogP contribution in [-0.2, 0) is 11.3 Å². The molecule has 0 saturated carbocycles. The molecule has 2 rings (SSSR count). The highest BCUT2D eigenvalue weighted by Gasteiger charge is 2.00. The second kappa shape index (κ2) is 8.65. The van der Waals surface area contributed by atoms with Crippen molar-refractivity contribution in [2.24, 2.45) is 0 Å². The molecule has 6 heteroatoms. The molecule has 22 heavy (non-hydrogen) atoms. The number of amides is 1. The van der Waals surface area contributed by atoms with E-state index in [0.717, 1.165) is 5.56 Å². The molecule has 1 aromatic carbocycles. The van der Waals surface area contributed by atoms with Crippen LogP contribution in [0.3, 0.4) is 0 Å². The highest BCUT2D eigenvalue weighted by molar-refractivity contribution is 6.30. The van der Waals surface area contributed by atoms with E-state index < -0.39 is 6.09 Å². The SMILES string of the molecule is O=C(NCCC#Cc1cncnc1Cl)OCc1ccccc1. The van der Waals surface area contributed by atoms with Gasteiger partial charge in [-0.25, -0.2) is 14.8 Å². The topological polar surface area (TPSA) is 64.1 Å². The molecule has 1 aromatic heterocycles. The summed E-state index contributed by atoms with van der Waals surface area (Å²) in [5.74, 6) is 5.73. The van der Waals surface area contributed by atoms with E-state index in [2.05, 4.69) is 27.1 Å². The van der Waals surface area contributed by atoms with Crippen molar-refractivity contribution in [3.8, 4) is 11.8 Å². The zero-order valence-electron chi connectivity index (χ0n) is 11.8. The van der Waals surface area contributed by atoms with Crippen molar-refractivity contribution in [1.82, 2.24) is 15.3 Å². The van der Waals surface area contributed by atoms with Crippen LogP contribution in [0.4, 0.5) is 4.79 Å². The van der Waals surface area contributed by atoms with Gasteiger partial charge in [-0.2, -0.15) is 0 Å². The van der Waals surface area contributed by atoms with Crippen molar-refractivity contribution in [2.45, 2.75) is 13.0 Å². The van der Waals surface area contributed by atoms with Gasteiger partial charge in [0.25, 0.3) is 0 Å². The maximum atomic E-state index is 11.5. The third kappa shape index (κ3) is 5.43. The van der Waals surface area contributed by atoms with Crippen LogP contribution in [0, 0.1) is 11.8 Å². The second-order valence-corrected chi connectivity index (χ2v) is 4.63. The van der Waals surface area contributed by atoms with Gasteiger partial charge in [0.1, 0.15) is 18.1 Å². The predicted molar refractivity (Wildman–Crippen MR) is 83.2 cm³/mol. The summed E-state index contributed by atoms with van der Waals surface area (Å²) in [4.78, 5) is 19.1. The molecule has 5 nitrogen and oxygen atoms in total. The smallest absolute Gasteiger partial charge is 0.407 e. The number of rotatable bonds is 4. The lowest BCUT2D eigenvalue weighted by Gasteiger charge is -2.05. The number of hydrogen-bond acceptors (Lipinski definition) is 4. The zero-order chi connectivity index (χ0) is 15.6. The lowest BCUT2D eigenvalue weighted by molar-refractivity contribution is 0.140. The number of carbonyl (C=O) groups is 1. The maximum absolute atomic E-state index is 11.5. The van der Waals surface area contributed by atoms with Crippen LogP contribution in [0.5, 0.6) is 0 Å². The molecular formula is C16H14ClN3O2. The van der Waals surface area contributed by atoms with Crippen molar-refractivity contribution in [3.63, 3.8) is 0 Å². The van der Waals surface area contributed by atoms with Crippen molar-refractivity contribution in [1.29, 1.82) is 0 Å². The summed E-state index contributed by atoms with van der Waals surface area (Å²) in [5, 5.41) is 2.94. The fourth-order valence-corrected chi connectivity index (χ4v) is 1.70. The predicted octanol–water partition coefficient (Wildman–Crippen LogP) is 2.80. The van der Waals surface area contributed by atoms with Gasteiger partial charge in [-0.3, -0.25) is 0 Å². The van der Waals surface area contributed by atoms with Gasteiger partial charge < -0.3 is 10.1 Å². The standard InChI is InChI=1S/C16H14ClN3O2/c17-15-14(10-18-12-20-15)8-4-5-9-19-16(21)22-11-13-6-2-1-3-7-13/h1-3,6-7,10,12H,5,9,11H2,(H,19,21). The monoisotopic (exact) mass is 315 g/mol. The van der Waals surface area contributed by atoms with Crippen LogP contribution in [0.15, 0.2) is 42.9 Å². The number of benzene rings is 1. The van der Waals surface area contributed by atoms with Crippen LogP contribution >= 0.6 is 11.6 Å². The summed E-state index contributed by atoms with van der Waals surface area (Å²) in [6.45, 7) is 0.640. The molecule has 1 N–H and O–H groups in total.